The highest BCUT2D eigenvalue weighted by Gasteiger charge is 2.25. The van der Waals surface area contributed by atoms with E-state index in [1.165, 1.54) is 28.5 Å². The van der Waals surface area contributed by atoms with Crippen molar-refractivity contribution in [2.75, 3.05) is 30.9 Å². The number of nitrogens with one attached hydrogen (secondary N) is 1. The number of pyridine rings is 1. The predicted molar refractivity (Wildman–Crippen MR) is 95.0 cm³/mol. The summed E-state index contributed by atoms with van der Waals surface area (Å²) in [7, 11) is 1.74. The van der Waals surface area contributed by atoms with Gasteiger partial charge in [0.25, 0.3) is 0 Å². The number of methoxy groups -OCH3 is 1. The smallest absolute Gasteiger partial charge is 0.128 e. The lowest BCUT2D eigenvalue weighted by Gasteiger charge is -2.30. The molecule has 0 spiro atoms. The fraction of sp³-hybridized carbons (Fsp3) is 0.688. The number of nitrogens with zero attached hydrogens (tertiary/aromatic N) is 1. The highest BCUT2D eigenvalue weighted by Crippen LogP contribution is 2.30. The SMILES string of the molecule is CCNC(Cc1ncc(C)c(OC)c1C)C1CSCCS1. The predicted octanol–water partition coefficient (Wildman–Crippen LogP) is 3.08. The van der Waals surface area contributed by atoms with Crippen LogP contribution in [0.25, 0.3) is 0 Å². The Kier molecular flexibility index (Phi) is 6.71. The second kappa shape index (κ2) is 8.30. The number of hydrogen-bond donors (Lipinski definition) is 1. The summed E-state index contributed by atoms with van der Waals surface area (Å²) in [5.41, 5.74) is 3.47. The summed E-state index contributed by atoms with van der Waals surface area (Å²) in [5, 5.41) is 4.34. The van der Waals surface area contributed by atoms with Crippen LogP contribution in [0.4, 0.5) is 0 Å². The first kappa shape index (κ1) is 17.0. The highest BCUT2D eigenvalue weighted by molar-refractivity contribution is 8.06. The molecular formula is C16H26N2OS2. The van der Waals surface area contributed by atoms with Gasteiger partial charge in [0.2, 0.25) is 0 Å². The number of likely N-dealkylation sites (N-methyl/N-ethyl adjacent to an activating group) is 1. The summed E-state index contributed by atoms with van der Waals surface area (Å²) in [6, 6.07) is 0.492. The Balaban J connectivity index is 2.16. The summed E-state index contributed by atoms with van der Waals surface area (Å²) in [6.45, 7) is 7.37. The zero-order chi connectivity index (χ0) is 15.2. The zero-order valence-electron chi connectivity index (χ0n) is 13.4. The molecule has 0 aromatic carbocycles. The molecule has 0 radical (unpaired) electrons. The van der Waals surface area contributed by atoms with Gasteiger partial charge in [0.1, 0.15) is 5.75 Å². The van der Waals surface area contributed by atoms with E-state index >= 15 is 0 Å². The van der Waals surface area contributed by atoms with Gasteiger partial charge in [-0.25, -0.2) is 0 Å². The summed E-state index contributed by atoms with van der Waals surface area (Å²) in [4.78, 5) is 4.67. The lowest BCUT2D eigenvalue weighted by atomic mass is 10.0. The minimum Gasteiger partial charge on any atom is -0.496 e. The molecule has 1 aromatic rings. The molecule has 1 saturated heterocycles. The van der Waals surface area contributed by atoms with Crippen molar-refractivity contribution in [2.45, 2.75) is 38.5 Å². The number of hydrogen-bond acceptors (Lipinski definition) is 5. The van der Waals surface area contributed by atoms with Crippen LogP contribution in [0, 0.1) is 13.8 Å². The molecule has 1 aliphatic heterocycles. The van der Waals surface area contributed by atoms with Crippen molar-refractivity contribution in [1.29, 1.82) is 0 Å². The molecule has 0 saturated carbocycles. The van der Waals surface area contributed by atoms with Crippen molar-refractivity contribution in [3.8, 4) is 5.75 Å². The molecule has 2 atom stereocenters. The quantitative estimate of drug-likeness (QED) is 0.869. The topological polar surface area (TPSA) is 34.2 Å². The number of aryl methyl sites for hydroxylation is 1. The Morgan fingerprint density at radius 2 is 2.24 bits per heavy atom. The average molecular weight is 327 g/mol. The number of thioether (sulfide) groups is 2. The van der Waals surface area contributed by atoms with E-state index in [-0.39, 0.29) is 0 Å². The van der Waals surface area contributed by atoms with Gasteiger partial charge in [-0.15, -0.1) is 0 Å². The molecule has 2 heterocycles. The third-order valence-electron chi connectivity index (χ3n) is 3.92. The van der Waals surface area contributed by atoms with Crippen LogP contribution in [-0.4, -0.2) is 47.2 Å². The molecule has 2 unspecified atom stereocenters. The summed E-state index contributed by atoms with van der Waals surface area (Å²) in [5.74, 6) is 4.78. The number of aromatic nitrogens is 1. The minimum absolute atomic E-state index is 0.492. The van der Waals surface area contributed by atoms with E-state index in [1.54, 1.807) is 7.11 Å². The van der Waals surface area contributed by atoms with Crippen LogP contribution in [0.5, 0.6) is 5.75 Å². The van der Waals surface area contributed by atoms with Crippen molar-refractivity contribution >= 4 is 23.5 Å². The number of ether oxygens (including phenoxy) is 1. The molecule has 3 nitrogen and oxygen atoms in total. The maximum atomic E-state index is 5.53. The largest absolute Gasteiger partial charge is 0.496 e. The zero-order valence-corrected chi connectivity index (χ0v) is 15.1. The first-order valence-electron chi connectivity index (χ1n) is 7.59. The molecule has 0 bridgehead atoms. The van der Waals surface area contributed by atoms with Gasteiger partial charge in [-0.05, 0) is 20.4 Å². The van der Waals surface area contributed by atoms with Crippen LogP contribution in [0.3, 0.4) is 0 Å². The van der Waals surface area contributed by atoms with Gasteiger partial charge >= 0.3 is 0 Å². The molecule has 0 aliphatic carbocycles. The Bertz CT molecular complexity index is 462. The van der Waals surface area contributed by atoms with Gasteiger partial charge in [0, 0.05) is 58.0 Å². The molecule has 5 heteroatoms. The monoisotopic (exact) mass is 326 g/mol. The van der Waals surface area contributed by atoms with Crippen LogP contribution in [0.1, 0.15) is 23.7 Å². The van der Waals surface area contributed by atoms with Crippen molar-refractivity contribution in [2.24, 2.45) is 0 Å². The van der Waals surface area contributed by atoms with Gasteiger partial charge in [-0.3, -0.25) is 4.98 Å². The van der Waals surface area contributed by atoms with Crippen LogP contribution in [0.2, 0.25) is 0 Å². The highest BCUT2D eigenvalue weighted by atomic mass is 32.2. The third kappa shape index (κ3) is 4.30. The van der Waals surface area contributed by atoms with Crippen molar-refractivity contribution < 1.29 is 4.74 Å². The van der Waals surface area contributed by atoms with Gasteiger partial charge in [-0.1, -0.05) is 6.92 Å². The third-order valence-corrected chi connectivity index (χ3v) is 6.84. The van der Waals surface area contributed by atoms with E-state index < -0.39 is 0 Å². The van der Waals surface area contributed by atoms with Gasteiger partial charge in [0.05, 0.1) is 7.11 Å². The molecule has 1 aliphatic rings. The fourth-order valence-electron chi connectivity index (χ4n) is 2.82. The molecule has 21 heavy (non-hydrogen) atoms. The van der Waals surface area contributed by atoms with Gasteiger partial charge in [0.15, 0.2) is 0 Å². The molecule has 118 valence electrons. The maximum absolute atomic E-state index is 5.53. The van der Waals surface area contributed by atoms with E-state index in [4.69, 9.17) is 4.74 Å². The molecule has 1 N–H and O–H groups in total. The average Bonchev–Trinajstić information content (AvgIpc) is 2.51. The summed E-state index contributed by atoms with van der Waals surface area (Å²) in [6.07, 6.45) is 2.92. The molecule has 1 fully saturated rings. The van der Waals surface area contributed by atoms with E-state index in [0.717, 1.165) is 24.3 Å². The summed E-state index contributed by atoms with van der Waals surface area (Å²) < 4.78 is 5.53. The Hall–Kier alpha value is -0.390. The van der Waals surface area contributed by atoms with Crippen LogP contribution in [0.15, 0.2) is 6.20 Å². The first-order chi connectivity index (χ1) is 10.2. The standard InChI is InChI=1S/C16H26N2OS2/c1-5-17-14(15-10-20-6-7-21-15)8-13-12(3)16(19-4)11(2)9-18-13/h9,14-15,17H,5-8,10H2,1-4H3. The van der Waals surface area contributed by atoms with Crippen molar-refractivity contribution in [3.05, 3.63) is 23.0 Å². The second-order valence-corrected chi connectivity index (χ2v) is 7.90. The minimum atomic E-state index is 0.492. The van der Waals surface area contributed by atoms with E-state index in [1.807, 2.05) is 6.20 Å². The van der Waals surface area contributed by atoms with Crippen LogP contribution in [-0.2, 0) is 6.42 Å². The molecule has 1 aromatic heterocycles. The Morgan fingerprint density at radius 3 is 2.86 bits per heavy atom. The van der Waals surface area contributed by atoms with Crippen LogP contribution < -0.4 is 10.1 Å². The van der Waals surface area contributed by atoms with Gasteiger partial charge < -0.3 is 10.1 Å². The maximum Gasteiger partial charge on any atom is 0.128 e. The normalized spacial score (nSPS) is 20.3. The van der Waals surface area contributed by atoms with E-state index in [0.29, 0.717) is 11.3 Å². The fourth-order valence-corrected chi connectivity index (χ4v) is 5.71. The number of rotatable bonds is 6. The lowest BCUT2D eigenvalue weighted by molar-refractivity contribution is 0.406. The van der Waals surface area contributed by atoms with E-state index in [2.05, 4.69) is 54.6 Å². The van der Waals surface area contributed by atoms with Crippen molar-refractivity contribution in [1.82, 2.24) is 10.3 Å². The second-order valence-electron chi connectivity index (χ2n) is 5.40. The first-order valence-corrected chi connectivity index (χ1v) is 9.79. The Labute approximate surface area is 137 Å². The van der Waals surface area contributed by atoms with Gasteiger partial charge in [-0.2, -0.15) is 23.5 Å². The molecular weight excluding hydrogens is 300 g/mol. The lowest BCUT2D eigenvalue weighted by Crippen LogP contribution is -2.42. The van der Waals surface area contributed by atoms with Crippen molar-refractivity contribution in [3.63, 3.8) is 0 Å². The summed E-state index contributed by atoms with van der Waals surface area (Å²) >= 11 is 4.18. The van der Waals surface area contributed by atoms with E-state index in [9.17, 15) is 0 Å². The molecule has 2 rings (SSSR count). The van der Waals surface area contributed by atoms with Crippen LogP contribution >= 0.6 is 23.5 Å². The Morgan fingerprint density at radius 1 is 1.43 bits per heavy atom. The molecule has 0 amide bonds.